The Morgan fingerprint density at radius 2 is 2.00 bits per heavy atom. The molecule has 0 spiro atoms. The Hall–Kier alpha value is -3.22. The summed E-state index contributed by atoms with van der Waals surface area (Å²) in [5.74, 6) is -0.788. The molecular formula is C20H17ClFN5O5S. The number of sulfone groups is 1. The number of halogens is 2. The number of nitrogens with two attached hydrogens (primary N) is 1. The first-order chi connectivity index (χ1) is 15.6. The van der Waals surface area contributed by atoms with Crippen molar-refractivity contribution >= 4 is 43.2 Å². The number of nitrogens with zero attached hydrogens (tertiary/aromatic N) is 3. The number of fused-ring (bicyclic) bond motifs is 2. The predicted octanol–water partition coefficient (Wildman–Crippen LogP) is 1.95. The van der Waals surface area contributed by atoms with Gasteiger partial charge in [0.25, 0.3) is 5.56 Å². The SMILES string of the molecule is N[C@H]1CC[C@H](n2ncc3c(F)cc(S(=O)(=O)c4ccc(Cl)c5c(=O)n(O)c(=O)[nH]c45)cc32)C1. The molecule has 0 bridgehead atoms. The van der Waals surface area contributed by atoms with E-state index in [1.807, 2.05) is 0 Å². The molecule has 0 radical (unpaired) electrons. The van der Waals surface area contributed by atoms with Gasteiger partial charge in [0.1, 0.15) is 5.82 Å². The maximum absolute atomic E-state index is 14.9. The zero-order chi connectivity index (χ0) is 23.7. The van der Waals surface area contributed by atoms with Crippen LogP contribution in [0.2, 0.25) is 5.02 Å². The fraction of sp³-hybridized carbons (Fsp3) is 0.250. The summed E-state index contributed by atoms with van der Waals surface area (Å²) in [5, 5.41) is 13.4. The number of rotatable bonds is 3. The summed E-state index contributed by atoms with van der Waals surface area (Å²) in [4.78, 5) is 25.6. The molecule has 1 aliphatic carbocycles. The third kappa shape index (κ3) is 3.24. The number of hydrogen-bond acceptors (Lipinski definition) is 7. The van der Waals surface area contributed by atoms with Gasteiger partial charge in [-0.15, -0.1) is 0 Å². The minimum Gasteiger partial charge on any atom is -0.421 e. The fourth-order valence-electron chi connectivity index (χ4n) is 4.34. The largest absolute Gasteiger partial charge is 0.421 e. The monoisotopic (exact) mass is 493 g/mol. The van der Waals surface area contributed by atoms with Gasteiger partial charge in [-0.2, -0.15) is 5.10 Å². The highest BCUT2D eigenvalue weighted by Gasteiger charge is 2.29. The van der Waals surface area contributed by atoms with Crippen LogP contribution in [0, 0.1) is 5.82 Å². The molecule has 10 nitrogen and oxygen atoms in total. The van der Waals surface area contributed by atoms with Gasteiger partial charge in [0, 0.05) is 6.04 Å². The summed E-state index contributed by atoms with van der Waals surface area (Å²) in [6.45, 7) is 0. The minimum absolute atomic E-state index is 0.0150. The lowest BCUT2D eigenvalue weighted by Gasteiger charge is -2.13. The maximum atomic E-state index is 14.9. The van der Waals surface area contributed by atoms with Crippen molar-refractivity contribution in [2.45, 2.75) is 41.1 Å². The molecule has 5 rings (SSSR count). The van der Waals surface area contributed by atoms with E-state index in [1.54, 1.807) is 4.68 Å². The summed E-state index contributed by atoms with van der Waals surface area (Å²) in [6, 6.07) is 4.30. The maximum Gasteiger partial charge on any atom is 0.362 e. The van der Waals surface area contributed by atoms with Gasteiger partial charge in [0.05, 0.1) is 48.9 Å². The van der Waals surface area contributed by atoms with Gasteiger partial charge in [0.15, 0.2) is 0 Å². The molecule has 1 saturated carbocycles. The summed E-state index contributed by atoms with van der Waals surface area (Å²) in [5.41, 5.74) is 3.45. The molecule has 2 aromatic heterocycles. The molecule has 0 unspecified atom stereocenters. The van der Waals surface area contributed by atoms with E-state index < -0.39 is 47.6 Å². The smallest absolute Gasteiger partial charge is 0.362 e. The Bertz CT molecular complexity index is 1680. The van der Waals surface area contributed by atoms with Gasteiger partial charge in [-0.1, -0.05) is 16.3 Å². The molecule has 4 aromatic rings. The molecular weight excluding hydrogens is 477 g/mol. The molecule has 0 saturated heterocycles. The first kappa shape index (κ1) is 21.6. The molecule has 172 valence electrons. The van der Waals surface area contributed by atoms with Crippen LogP contribution in [-0.4, -0.2) is 39.2 Å². The molecule has 1 fully saturated rings. The predicted molar refractivity (Wildman–Crippen MR) is 117 cm³/mol. The molecule has 2 atom stereocenters. The second-order valence-electron chi connectivity index (χ2n) is 8.00. The number of nitrogens with one attached hydrogen (secondary N) is 1. The number of H-pyrrole nitrogens is 1. The Morgan fingerprint density at radius 3 is 2.70 bits per heavy atom. The first-order valence-corrected chi connectivity index (χ1v) is 11.8. The van der Waals surface area contributed by atoms with E-state index >= 15 is 0 Å². The van der Waals surface area contributed by atoms with E-state index in [4.69, 9.17) is 17.3 Å². The average Bonchev–Trinajstić information content (AvgIpc) is 3.38. The van der Waals surface area contributed by atoms with Crippen LogP contribution in [-0.2, 0) is 9.84 Å². The van der Waals surface area contributed by atoms with E-state index in [2.05, 4.69) is 10.1 Å². The van der Waals surface area contributed by atoms with Crippen LogP contribution in [0.5, 0.6) is 0 Å². The lowest BCUT2D eigenvalue weighted by molar-refractivity contribution is 0.162. The van der Waals surface area contributed by atoms with Crippen LogP contribution in [0.4, 0.5) is 4.39 Å². The number of hydrogen-bond donors (Lipinski definition) is 3. The second kappa shape index (κ2) is 7.40. The van der Waals surface area contributed by atoms with Crippen molar-refractivity contribution in [3.8, 4) is 0 Å². The Balaban J connectivity index is 1.76. The number of benzene rings is 2. The molecule has 1 aliphatic rings. The quantitative estimate of drug-likeness (QED) is 0.368. The molecule has 0 amide bonds. The molecule has 2 heterocycles. The first-order valence-electron chi connectivity index (χ1n) is 9.94. The standard InChI is InChI=1S/C20H17ClFN5O5S/c21-13-3-4-16(18-17(13)19(28)27(30)20(29)25-18)33(31,32)11-6-14(22)12-8-24-26(15(12)7-11)10-2-1-9(23)5-10/h3-4,6-10,30H,1-2,5,23H2,(H,25,29)/t9-,10-/m0/s1. The highest BCUT2D eigenvalue weighted by atomic mass is 35.5. The van der Waals surface area contributed by atoms with Gasteiger partial charge in [-0.3, -0.25) is 9.48 Å². The highest BCUT2D eigenvalue weighted by molar-refractivity contribution is 7.91. The fourth-order valence-corrected chi connectivity index (χ4v) is 6.03. The molecule has 33 heavy (non-hydrogen) atoms. The minimum atomic E-state index is -4.44. The van der Waals surface area contributed by atoms with Gasteiger partial charge in [0.2, 0.25) is 9.84 Å². The number of aromatic amines is 1. The lowest BCUT2D eigenvalue weighted by Crippen LogP contribution is -2.33. The summed E-state index contributed by atoms with van der Waals surface area (Å²) in [6.07, 6.45) is 3.47. The zero-order valence-corrected chi connectivity index (χ0v) is 18.4. The van der Waals surface area contributed by atoms with Gasteiger partial charge < -0.3 is 15.9 Å². The van der Waals surface area contributed by atoms with Crippen LogP contribution >= 0.6 is 11.6 Å². The van der Waals surface area contributed by atoms with Crippen molar-refractivity contribution in [3.63, 3.8) is 0 Å². The van der Waals surface area contributed by atoms with Crippen molar-refractivity contribution < 1.29 is 18.0 Å². The zero-order valence-electron chi connectivity index (χ0n) is 16.8. The molecule has 0 aliphatic heterocycles. The summed E-state index contributed by atoms with van der Waals surface area (Å²) in [7, 11) is -4.44. The van der Waals surface area contributed by atoms with Crippen molar-refractivity contribution in [1.29, 1.82) is 0 Å². The van der Waals surface area contributed by atoms with E-state index in [0.717, 1.165) is 31.0 Å². The Labute approximate surface area is 189 Å². The highest BCUT2D eigenvalue weighted by Crippen LogP contribution is 2.35. The molecule has 13 heteroatoms. The van der Waals surface area contributed by atoms with Crippen LogP contribution in [0.1, 0.15) is 25.3 Å². The van der Waals surface area contributed by atoms with Crippen molar-refractivity contribution in [2.24, 2.45) is 5.73 Å². The molecule has 4 N–H and O–H groups in total. The molecule has 2 aromatic carbocycles. The van der Waals surface area contributed by atoms with Crippen LogP contribution in [0.25, 0.3) is 21.8 Å². The van der Waals surface area contributed by atoms with Gasteiger partial charge in [-0.25, -0.2) is 17.6 Å². The van der Waals surface area contributed by atoms with E-state index in [0.29, 0.717) is 6.42 Å². The Kier molecular flexibility index (Phi) is 4.85. The van der Waals surface area contributed by atoms with Gasteiger partial charge >= 0.3 is 5.69 Å². The topological polar surface area (TPSA) is 153 Å². The van der Waals surface area contributed by atoms with E-state index in [1.165, 1.54) is 12.3 Å². The second-order valence-corrected chi connectivity index (χ2v) is 10.3. The average molecular weight is 494 g/mol. The van der Waals surface area contributed by atoms with Crippen LogP contribution in [0.3, 0.4) is 0 Å². The van der Waals surface area contributed by atoms with Crippen LogP contribution in [0.15, 0.2) is 49.8 Å². The number of aromatic nitrogens is 4. The Morgan fingerprint density at radius 1 is 1.24 bits per heavy atom. The van der Waals surface area contributed by atoms with Crippen molar-refractivity contribution in [1.82, 2.24) is 19.5 Å². The van der Waals surface area contributed by atoms with Crippen LogP contribution < -0.4 is 17.0 Å². The third-order valence-electron chi connectivity index (χ3n) is 5.98. The normalized spacial score (nSPS) is 19.0. The van der Waals surface area contributed by atoms with Crippen molar-refractivity contribution in [2.75, 3.05) is 0 Å². The van der Waals surface area contributed by atoms with E-state index in [-0.39, 0.29) is 32.7 Å². The van der Waals surface area contributed by atoms with Crippen molar-refractivity contribution in [3.05, 3.63) is 62.1 Å². The third-order valence-corrected chi connectivity index (χ3v) is 8.07. The summed E-state index contributed by atoms with van der Waals surface area (Å²) >= 11 is 6.03. The van der Waals surface area contributed by atoms with Gasteiger partial charge in [-0.05, 0) is 43.5 Å². The lowest BCUT2D eigenvalue weighted by atomic mass is 10.2. The van der Waals surface area contributed by atoms with E-state index in [9.17, 15) is 27.6 Å². The summed E-state index contributed by atoms with van der Waals surface area (Å²) < 4.78 is 43.3.